The molecule has 5 rings (SSSR count). The average Bonchev–Trinajstić information content (AvgIpc) is 3.41. The smallest absolute Gasteiger partial charge is 0.0764 e. The van der Waals surface area contributed by atoms with E-state index in [1.807, 2.05) is 29.5 Å². The fraction of sp³-hybridized carbons (Fsp3) is 0.333. The summed E-state index contributed by atoms with van der Waals surface area (Å²) in [6, 6.07) is 21.5. The molecule has 1 unspecified atom stereocenters. The zero-order valence-electron chi connectivity index (χ0n) is 19.8. The molecule has 1 atom stereocenters. The van der Waals surface area contributed by atoms with Crippen LogP contribution < -0.4 is 20.7 Å². The summed E-state index contributed by atoms with van der Waals surface area (Å²) in [6.07, 6.45) is 3.56. The maximum atomic E-state index is 6.64. The molecule has 7 heteroatoms. The number of hydrogen-bond donors (Lipinski definition) is 2. The number of nitrogens with zero attached hydrogens (tertiary/aromatic N) is 3. The Morgan fingerprint density at radius 1 is 1.00 bits per heavy atom. The highest BCUT2D eigenvalue weighted by Crippen LogP contribution is 2.39. The number of anilines is 2. The van der Waals surface area contributed by atoms with Crippen LogP contribution in [0.3, 0.4) is 0 Å². The van der Waals surface area contributed by atoms with Crippen molar-refractivity contribution in [1.82, 2.24) is 15.6 Å². The number of para-hydroxylation sites is 1. The molecule has 0 bridgehead atoms. The van der Waals surface area contributed by atoms with Gasteiger partial charge in [0, 0.05) is 44.3 Å². The molecule has 3 aromatic rings. The van der Waals surface area contributed by atoms with E-state index >= 15 is 0 Å². The van der Waals surface area contributed by atoms with Crippen molar-refractivity contribution >= 4 is 40.0 Å². The molecule has 5 nitrogen and oxygen atoms in total. The quantitative estimate of drug-likeness (QED) is 0.495. The minimum atomic E-state index is 0.229. The van der Waals surface area contributed by atoms with Gasteiger partial charge in [0.1, 0.15) is 0 Å². The van der Waals surface area contributed by atoms with Crippen LogP contribution in [0.25, 0.3) is 16.1 Å². The third-order valence-electron chi connectivity index (χ3n) is 6.38. The summed E-state index contributed by atoms with van der Waals surface area (Å²) >= 11 is 8.46. The number of hydrazine groups is 1. The summed E-state index contributed by atoms with van der Waals surface area (Å²) < 4.78 is 0. The molecule has 2 N–H and O–H groups in total. The van der Waals surface area contributed by atoms with E-state index in [0.29, 0.717) is 0 Å². The van der Waals surface area contributed by atoms with Crippen molar-refractivity contribution in [2.75, 3.05) is 56.7 Å². The number of benzene rings is 2. The van der Waals surface area contributed by atoms with Crippen LogP contribution in [0.15, 0.2) is 66.7 Å². The van der Waals surface area contributed by atoms with E-state index in [1.165, 1.54) is 33.1 Å². The first kappa shape index (κ1) is 23.4. The highest BCUT2D eigenvalue weighted by molar-refractivity contribution is 7.16. The van der Waals surface area contributed by atoms with E-state index in [0.717, 1.165) is 43.4 Å². The van der Waals surface area contributed by atoms with Crippen molar-refractivity contribution in [3.05, 3.63) is 76.6 Å². The molecule has 1 fully saturated rings. The molecule has 178 valence electrons. The minimum Gasteiger partial charge on any atom is -0.378 e. The standard InChI is InChI=1S/C27H32ClN5S/c1-31(2)22-8-5-7-20(17-22)26-11-12-27(34-26)25-18-21(19-32-15-6-13-29-14-16-32)30-33(25)24-10-4-3-9-23(24)28/h3-5,7-12,17-18,21,29-30H,6,13-16,19H2,1-2H3. The van der Waals surface area contributed by atoms with Gasteiger partial charge in [-0.15, -0.1) is 11.3 Å². The van der Waals surface area contributed by atoms with Crippen LogP contribution in [0.1, 0.15) is 11.3 Å². The summed E-state index contributed by atoms with van der Waals surface area (Å²) in [4.78, 5) is 7.19. The number of halogens is 1. The highest BCUT2D eigenvalue weighted by Gasteiger charge is 2.29. The monoisotopic (exact) mass is 493 g/mol. The molecule has 2 aliphatic heterocycles. The first-order valence-corrected chi connectivity index (χ1v) is 13.1. The molecule has 2 aromatic carbocycles. The average molecular weight is 494 g/mol. The lowest BCUT2D eigenvalue weighted by molar-refractivity contribution is 0.275. The molecule has 3 heterocycles. The fourth-order valence-corrected chi connectivity index (χ4v) is 5.82. The second-order valence-electron chi connectivity index (χ2n) is 9.09. The molecule has 2 aliphatic rings. The predicted molar refractivity (Wildman–Crippen MR) is 147 cm³/mol. The first-order valence-electron chi connectivity index (χ1n) is 11.9. The SMILES string of the molecule is CN(C)c1cccc(-c2ccc(C3=CC(CN4CCCNCC4)NN3c3ccccc3Cl)s2)c1. The largest absolute Gasteiger partial charge is 0.378 e. The molecular formula is C27H32ClN5S. The van der Waals surface area contributed by atoms with Crippen LogP contribution in [-0.2, 0) is 0 Å². The van der Waals surface area contributed by atoms with Crippen molar-refractivity contribution in [2.24, 2.45) is 0 Å². The van der Waals surface area contributed by atoms with Crippen molar-refractivity contribution in [3.63, 3.8) is 0 Å². The summed E-state index contributed by atoms with van der Waals surface area (Å²) in [6.45, 7) is 5.35. The molecule has 0 spiro atoms. The Bertz CT molecular complexity index is 1150. The Kier molecular flexibility index (Phi) is 7.23. The maximum Gasteiger partial charge on any atom is 0.0764 e. The summed E-state index contributed by atoms with van der Waals surface area (Å²) in [5.41, 5.74) is 8.34. The molecule has 0 radical (unpaired) electrons. The van der Waals surface area contributed by atoms with Gasteiger partial charge >= 0.3 is 0 Å². The van der Waals surface area contributed by atoms with Gasteiger partial charge < -0.3 is 15.1 Å². The number of nitrogens with one attached hydrogen (secondary N) is 2. The molecule has 0 amide bonds. The minimum absolute atomic E-state index is 0.229. The van der Waals surface area contributed by atoms with Gasteiger partial charge in [-0.2, -0.15) is 0 Å². The lowest BCUT2D eigenvalue weighted by Gasteiger charge is -2.27. The molecule has 34 heavy (non-hydrogen) atoms. The molecule has 1 saturated heterocycles. The van der Waals surface area contributed by atoms with E-state index in [1.54, 1.807) is 0 Å². The second kappa shape index (κ2) is 10.5. The molecule has 0 saturated carbocycles. The van der Waals surface area contributed by atoms with Crippen molar-refractivity contribution in [2.45, 2.75) is 12.5 Å². The van der Waals surface area contributed by atoms with Crippen LogP contribution in [-0.4, -0.2) is 57.8 Å². The van der Waals surface area contributed by atoms with E-state index in [4.69, 9.17) is 11.6 Å². The number of rotatable bonds is 6. The fourth-order valence-electron chi connectivity index (χ4n) is 4.59. The van der Waals surface area contributed by atoms with E-state index in [9.17, 15) is 0 Å². The first-order chi connectivity index (χ1) is 16.6. The highest BCUT2D eigenvalue weighted by atomic mass is 35.5. The maximum absolute atomic E-state index is 6.64. The van der Waals surface area contributed by atoms with Crippen molar-refractivity contribution in [1.29, 1.82) is 0 Å². The third kappa shape index (κ3) is 5.16. The normalized spacial score (nSPS) is 19.2. The number of hydrogen-bond acceptors (Lipinski definition) is 6. The Balaban J connectivity index is 1.45. The molecule has 0 aliphatic carbocycles. The van der Waals surface area contributed by atoms with Crippen molar-refractivity contribution < 1.29 is 0 Å². The summed E-state index contributed by atoms with van der Waals surface area (Å²) in [5.74, 6) is 0. The van der Waals surface area contributed by atoms with E-state index in [-0.39, 0.29) is 6.04 Å². The van der Waals surface area contributed by atoms with Gasteiger partial charge in [-0.1, -0.05) is 35.9 Å². The van der Waals surface area contributed by atoms with Crippen LogP contribution in [0.5, 0.6) is 0 Å². The van der Waals surface area contributed by atoms with Gasteiger partial charge in [0.25, 0.3) is 0 Å². The van der Waals surface area contributed by atoms with Gasteiger partial charge in [0.15, 0.2) is 0 Å². The third-order valence-corrected chi connectivity index (χ3v) is 7.86. The van der Waals surface area contributed by atoms with Gasteiger partial charge in [-0.3, -0.25) is 5.01 Å². The Morgan fingerprint density at radius 3 is 2.71 bits per heavy atom. The Morgan fingerprint density at radius 2 is 1.85 bits per heavy atom. The van der Waals surface area contributed by atoms with Gasteiger partial charge in [-0.25, -0.2) is 5.43 Å². The zero-order chi connectivity index (χ0) is 23.5. The lowest BCUT2D eigenvalue weighted by Crippen LogP contribution is -2.44. The van der Waals surface area contributed by atoms with Crippen LogP contribution in [0.2, 0.25) is 5.02 Å². The predicted octanol–water partition coefficient (Wildman–Crippen LogP) is 5.16. The van der Waals surface area contributed by atoms with Crippen LogP contribution in [0.4, 0.5) is 11.4 Å². The van der Waals surface area contributed by atoms with Gasteiger partial charge in [0.05, 0.1) is 27.3 Å². The van der Waals surface area contributed by atoms with E-state index < -0.39 is 0 Å². The Labute approximate surface area is 211 Å². The van der Waals surface area contributed by atoms with Crippen LogP contribution >= 0.6 is 22.9 Å². The topological polar surface area (TPSA) is 33.8 Å². The lowest BCUT2D eigenvalue weighted by atomic mass is 10.1. The molecule has 1 aromatic heterocycles. The molecular weight excluding hydrogens is 462 g/mol. The summed E-state index contributed by atoms with van der Waals surface area (Å²) in [5, 5.41) is 6.42. The Hall–Kier alpha value is -2.35. The van der Waals surface area contributed by atoms with E-state index in [2.05, 4.69) is 88.2 Å². The zero-order valence-corrected chi connectivity index (χ0v) is 21.4. The number of thiophene rings is 1. The van der Waals surface area contributed by atoms with Crippen LogP contribution in [0, 0.1) is 0 Å². The summed E-state index contributed by atoms with van der Waals surface area (Å²) in [7, 11) is 4.16. The van der Waals surface area contributed by atoms with Gasteiger partial charge in [0.2, 0.25) is 0 Å². The van der Waals surface area contributed by atoms with Crippen molar-refractivity contribution in [3.8, 4) is 10.4 Å². The van der Waals surface area contributed by atoms with Gasteiger partial charge in [-0.05, 0) is 67.5 Å². The second-order valence-corrected chi connectivity index (χ2v) is 10.6.